The largest absolute Gasteiger partial charge is 0.292 e. The fourth-order valence-electron chi connectivity index (χ4n) is 2.86. The van der Waals surface area contributed by atoms with Crippen molar-refractivity contribution in [1.82, 2.24) is 0 Å². The van der Waals surface area contributed by atoms with Crippen LogP contribution in [0, 0.1) is 20.8 Å². The van der Waals surface area contributed by atoms with E-state index >= 15 is 0 Å². The Balaban J connectivity index is 2.78. The van der Waals surface area contributed by atoms with E-state index in [9.17, 15) is 21.6 Å². The van der Waals surface area contributed by atoms with Crippen LogP contribution in [0.15, 0.2) is 42.5 Å². The highest BCUT2D eigenvalue weighted by atomic mass is 33.1. The molecule has 24 heavy (non-hydrogen) atoms. The van der Waals surface area contributed by atoms with Gasteiger partial charge in [0.1, 0.15) is 0 Å². The van der Waals surface area contributed by atoms with Crippen LogP contribution in [0.1, 0.15) is 37.9 Å². The highest BCUT2D eigenvalue weighted by Gasteiger charge is 2.39. The molecule has 0 bridgehead atoms. The van der Waals surface area contributed by atoms with E-state index in [1.165, 1.54) is 12.1 Å². The Kier molecular flexibility index (Phi) is 5.25. The zero-order valence-corrected chi connectivity index (χ0v) is 15.2. The number of benzene rings is 2. The Morgan fingerprint density at radius 3 is 1.92 bits per heavy atom. The summed E-state index contributed by atoms with van der Waals surface area (Å²) >= 11 is 0. The number of rotatable bonds is 5. The van der Waals surface area contributed by atoms with Gasteiger partial charge in [0, 0.05) is 5.56 Å². The topological polar surface area (TPSA) is 85.3 Å². The van der Waals surface area contributed by atoms with Crippen molar-refractivity contribution in [1.29, 1.82) is 0 Å². The number of hydrogen-bond donors (Lipinski definition) is 1. The van der Waals surface area contributed by atoms with Crippen molar-refractivity contribution < 1.29 is 21.6 Å². The van der Waals surface area contributed by atoms with Gasteiger partial charge in [-0.15, -0.1) is 0 Å². The van der Waals surface area contributed by atoms with Gasteiger partial charge >= 0.3 is 0 Å². The molecule has 0 aromatic heterocycles. The van der Waals surface area contributed by atoms with Gasteiger partial charge in [-0.05, 0) is 37.5 Å². The van der Waals surface area contributed by atoms with Crippen LogP contribution in [0.4, 0.5) is 0 Å². The van der Waals surface area contributed by atoms with Crippen LogP contribution in [0.3, 0.4) is 0 Å². The van der Waals surface area contributed by atoms with Crippen molar-refractivity contribution in [3.05, 3.63) is 70.3 Å². The van der Waals surface area contributed by atoms with Crippen molar-refractivity contribution in [3.8, 4) is 0 Å². The summed E-state index contributed by atoms with van der Waals surface area (Å²) in [6, 6.07) is 11.3. The summed E-state index contributed by atoms with van der Waals surface area (Å²) in [5, 5.41) is -1.76. The minimum absolute atomic E-state index is 0.155. The van der Waals surface area contributed by atoms with Gasteiger partial charge in [0.15, 0.2) is 11.0 Å². The van der Waals surface area contributed by atoms with Crippen molar-refractivity contribution in [2.75, 3.05) is 0 Å². The maximum absolute atomic E-state index is 12.8. The molecule has 0 fully saturated rings. The van der Waals surface area contributed by atoms with Crippen LogP contribution in [0.25, 0.3) is 0 Å². The van der Waals surface area contributed by atoms with Crippen LogP contribution in [0.5, 0.6) is 0 Å². The third-order valence-corrected chi connectivity index (χ3v) is 7.14. The molecule has 0 radical (unpaired) electrons. The average molecular weight is 366 g/mol. The number of carbonyl (C=O) groups excluding carboxylic acids is 1. The summed E-state index contributed by atoms with van der Waals surface area (Å²) < 4.78 is 47.6. The van der Waals surface area contributed by atoms with E-state index in [0.717, 1.165) is 5.56 Å². The molecule has 0 heterocycles. The zero-order valence-electron chi connectivity index (χ0n) is 13.5. The van der Waals surface area contributed by atoms with Crippen LogP contribution < -0.4 is 0 Å². The summed E-state index contributed by atoms with van der Waals surface area (Å²) in [5.74, 6) is -0.746. The lowest BCUT2D eigenvalue weighted by Crippen LogP contribution is -2.25. The summed E-state index contributed by atoms with van der Waals surface area (Å²) in [5.41, 5.74) is 2.43. The van der Waals surface area contributed by atoms with E-state index in [-0.39, 0.29) is 11.1 Å². The number of Topliss-reactive ketones (excluding diaryl/α,β-unsaturated/α-hetero) is 1. The molecule has 1 unspecified atom stereocenters. The molecule has 0 N–H and O–H groups in total. The maximum atomic E-state index is 12.8. The lowest BCUT2D eigenvalue weighted by molar-refractivity contribution is 0.0987. The van der Waals surface area contributed by atoms with E-state index in [4.69, 9.17) is 0 Å². The maximum Gasteiger partial charge on any atom is 0.265 e. The number of hydrogen-bond acceptors (Lipinski definition) is 5. The first-order valence-electron chi connectivity index (χ1n) is 7.21. The molecule has 0 amide bonds. The Bertz CT molecular complexity index is 927. The van der Waals surface area contributed by atoms with Crippen molar-refractivity contribution in [3.63, 3.8) is 0 Å². The fraction of sp³-hybridized carbons (Fsp3) is 0.235. The van der Waals surface area contributed by atoms with Crippen molar-refractivity contribution >= 4 is 24.4 Å². The normalized spacial score (nSPS) is 13.0. The Hall–Kier alpha value is -1.99. The van der Waals surface area contributed by atoms with E-state index in [2.05, 4.69) is 0 Å². The smallest absolute Gasteiger partial charge is 0.265 e. The highest BCUT2D eigenvalue weighted by molar-refractivity contribution is 8.59. The SMILES string of the molecule is Cc1cc(C)c(C(C(=O)c2ccccc2)S(=O)(=O)[SH](=O)=O)c(C)c1. The molecular formula is C17H18O5S2. The predicted octanol–water partition coefficient (Wildman–Crippen LogP) is 2.48. The van der Waals surface area contributed by atoms with Gasteiger partial charge in [-0.3, -0.25) is 4.79 Å². The second-order valence-corrected chi connectivity index (χ2v) is 10.0. The predicted molar refractivity (Wildman–Crippen MR) is 93.4 cm³/mol. The molecule has 2 rings (SSSR count). The molecule has 1 atom stereocenters. The van der Waals surface area contributed by atoms with E-state index < -0.39 is 29.6 Å². The molecule has 0 saturated carbocycles. The zero-order chi connectivity index (χ0) is 18.1. The van der Waals surface area contributed by atoms with Crippen molar-refractivity contribution in [2.24, 2.45) is 0 Å². The van der Waals surface area contributed by atoms with Gasteiger partial charge in [0.05, 0.1) is 0 Å². The summed E-state index contributed by atoms with van der Waals surface area (Å²) in [7, 11) is -8.50. The van der Waals surface area contributed by atoms with E-state index in [1.807, 2.05) is 6.92 Å². The highest BCUT2D eigenvalue weighted by Crippen LogP contribution is 2.33. The molecule has 0 aliphatic heterocycles. The first kappa shape index (κ1) is 18.4. The average Bonchev–Trinajstić information content (AvgIpc) is 2.50. The molecule has 128 valence electrons. The third kappa shape index (κ3) is 3.42. The molecule has 2 aromatic rings. The molecule has 0 aliphatic carbocycles. The summed E-state index contributed by atoms with van der Waals surface area (Å²) in [4.78, 5) is 12.8. The Morgan fingerprint density at radius 1 is 0.958 bits per heavy atom. The van der Waals surface area contributed by atoms with Crippen LogP contribution in [-0.4, -0.2) is 22.6 Å². The van der Waals surface area contributed by atoms with Crippen LogP contribution in [0.2, 0.25) is 0 Å². The minimum Gasteiger partial charge on any atom is -0.292 e. The van der Waals surface area contributed by atoms with Crippen LogP contribution >= 0.6 is 0 Å². The molecular weight excluding hydrogens is 348 g/mol. The van der Waals surface area contributed by atoms with Gasteiger partial charge in [0.2, 0.25) is 9.74 Å². The lowest BCUT2D eigenvalue weighted by atomic mass is 9.93. The van der Waals surface area contributed by atoms with Gasteiger partial charge in [-0.1, -0.05) is 48.0 Å². The second-order valence-electron chi connectivity index (χ2n) is 5.66. The standard InChI is InChI=1S/C17H18O5S2/c1-11-9-12(2)15(13(3)10-11)17(24(21,22)23(19)20)16(18)14-7-5-4-6-8-14/h4-10,17,23H,1-3H3. The number of carbonyl (C=O) groups is 1. The number of aryl methyl sites for hydroxylation is 3. The van der Waals surface area contributed by atoms with Gasteiger partial charge in [-0.2, -0.15) is 0 Å². The summed E-state index contributed by atoms with van der Waals surface area (Å²) in [6.07, 6.45) is 0. The second kappa shape index (κ2) is 6.86. The monoisotopic (exact) mass is 366 g/mol. The fourth-order valence-corrected chi connectivity index (χ4v) is 5.23. The van der Waals surface area contributed by atoms with E-state index in [0.29, 0.717) is 11.1 Å². The number of thiol groups is 1. The van der Waals surface area contributed by atoms with Crippen molar-refractivity contribution in [2.45, 2.75) is 26.0 Å². The molecule has 2 aromatic carbocycles. The molecule has 5 nitrogen and oxygen atoms in total. The lowest BCUT2D eigenvalue weighted by Gasteiger charge is -2.19. The molecule has 0 aliphatic rings. The minimum atomic E-state index is -4.69. The first-order chi connectivity index (χ1) is 11.2. The van der Waals surface area contributed by atoms with Gasteiger partial charge in [0.25, 0.3) is 8.87 Å². The van der Waals surface area contributed by atoms with Crippen LogP contribution in [-0.2, 0) is 18.6 Å². The quantitative estimate of drug-likeness (QED) is 0.499. The molecule has 0 saturated heterocycles. The molecule has 0 spiro atoms. The third-order valence-electron chi connectivity index (χ3n) is 3.80. The van der Waals surface area contributed by atoms with E-state index in [1.54, 1.807) is 44.2 Å². The Labute approximate surface area is 142 Å². The Morgan fingerprint density at radius 2 is 1.46 bits per heavy atom. The molecule has 7 heteroatoms. The number of ketones is 1. The first-order valence-corrected chi connectivity index (χ1v) is 10.5. The van der Waals surface area contributed by atoms with Gasteiger partial charge in [-0.25, -0.2) is 16.8 Å². The summed E-state index contributed by atoms with van der Waals surface area (Å²) in [6.45, 7) is 5.20. The van der Waals surface area contributed by atoms with Gasteiger partial charge < -0.3 is 0 Å².